The molecule has 1 aliphatic heterocycles. The number of unbranched alkanes of at least 4 members (excludes halogenated alkanes) is 14. The molecular weight excluding hydrogens is 646 g/mol. The van der Waals surface area contributed by atoms with Gasteiger partial charge in [0.15, 0.2) is 0 Å². The molecule has 0 aromatic carbocycles. The second kappa shape index (κ2) is 27.6. The van der Waals surface area contributed by atoms with Gasteiger partial charge in [-0.05, 0) is 33.6 Å². The summed E-state index contributed by atoms with van der Waals surface area (Å²) in [6.07, 6.45) is 19.1. The van der Waals surface area contributed by atoms with E-state index in [2.05, 4.69) is 17.6 Å². The molecule has 0 aromatic heterocycles. The van der Waals surface area contributed by atoms with Crippen LogP contribution in [0.5, 0.6) is 0 Å². The maximum absolute atomic E-state index is 12.8. The maximum atomic E-state index is 12.8. The molecule has 50 heavy (non-hydrogen) atoms. The predicted octanol–water partition coefficient (Wildman–Crippen LogP) is 5.61. The lowest BCUT2D eigenvalue weighted by molar-refractivity contribution is -0.200. The number of nitrogens with zero attached hydrogens (tertiary/aromatic N) is 1. The minimum absolute atomic E-state index is 0.0103. The van der Waals surface area contributed by atoms with Crippen LogP contribution in [0.4, 0.5) is 0 Å². The number of nitrogens with one attached hydrogen (secondary N) is 2. The highest BCUT2D eigenvalue weighted by atomic mass is 16.7. The summed E-state index contributed by atoms with van der Waals surface area (Å²) < 4.78 is 16.0. The second-order valence-electron chi connectivity index (χ2n) is 14.0. The van der Waals surface area contributed by atoms with Crippen molar-refractivity contribution in [2.24, 2.45) is 0 Å². The fourth-order valence-electron chi connectivity index (χ4n) is 5.33. The van der Waals surface area contributed by atoms with Crippen molar-refractivity contribution < 1.29 is 47.8 Å². The van der Waals surface area contributed by atoms with Crippen molar-refractivity contribution in [2.45, 2.75) is 168 Å². The van der Waals surface area contributed by atoms with E-state index in [-0.39, 0.29) is 63.9 Å². The Labute approximate surface area is 299 Å². The summed E-state index contributed by atoms with van der Waals surface area (Å²) in [4.78, 5) is 77.2. The van der Waals surface area contributed by atoms with E-state index in [9.17, 15) is 28.8 Å². The van der Waals surface area contributed by atoms with Gasteiger partial charge in [-0.1, -0.05) is 96.8 Å². The van der Waals surface area contributed by atoms with Gasteiger partial charge in [-0.2, -0.15) is 0 Å². The average molecular weight is 712 g/mol. The van der Waals surface area contributed by atoms with E-state index in [1.165, 1.54) is 77.0 Å². The van der Waals surface area contributed by atoms with Gasteiger partial charge in [-0.3, -0.25) is 19.2 Å². The van der Waals surface area contributed by atoms with Crippen molar-refractivity contribution >= 4 is 35.6 Å². The molecule has 4 amide bonds. The standard InChI is InChI=1S/C37H65N3O10/c1-5-6-7-8-9-10-11-12-13-14-15-16-17-18-19-20-32(42)39-30(36(46)49-37(2,3)4)21-22-31(41)38-25-26-47-27-28-48-29-35(45)50-40-33(43)23-24-34(40)44/h30H,5-29H2,1-4H3,(H,38,41)(H,39,42)/t30-/m0/s1. The molecule has 0 bridgehead atoms. The Morgan fingerprint density at radius 2 is 1.22 bits per heavy atom. The van der Waals surface area contributed by atoms with E-state index in [0.29, 0.717) is 11.5 Å². The van der Waals surface area contributed by atoms with Crippen LogP contribution in [-0.2, 0) is 47.8 Å². The van der Waals surface area contributed by atoms with Gasteiger partial charge in [0, 0.05) is 32.2 Å². The van der Waals surface area contributed by atoms with Gasteiger partial charge in [0.1, 0.15) is 18.2 Å². The summed E-state index contributed by atoms with van der Waals surface area (Å²) in [5.41, 5.74) is -0.732. The number of hydrogen-bond donors (Lipinski definition) is 2. The van der Waals surface area contributed by atoms with Crippen molar-refractivity contribution in [1.29, 1.82) is 0 Å². The molecule has 0 aliphatic carbocycles. The van der Waals surface area contributed by atoms with E-state index < -0.39 is 42.0 Å². The molecule has 288 valence electrons. The van der Waals surface area contributed by atoms with Crippen molar-refractivity contribution in [3.63, 3.8) is 0 Å². The number of amides is 4. The molecule has 1 saturated heterocycles. The van der Waals surface area contributed by atoms with Gasteiger partial charge in [-0.25, -0.2) is 9.59 Å². The molecule has 0 aromatic rings. The van der Waals surface area contributed by atoms with Crippen LogP contribution in [0.3, 0.4) is 0 Å². The highest BCUT2D eigenvalue weighted by Crippen LogP contribution is 2.15. The Hall–Kier alpha value is -3.06. The van der Waals surface area contributed by atoms with Crippen LogP contribution in [0.15, 0.2) is 0 Å². The number of hydrogen-bond acceptors (Lipinski definition) is 10. The molecule has 1 fully saturated rings. The van der Waals surface area contributed by atoms with Gasteiger partial charge >= 0.3 is 11.9 Å². The molecule has 13 nitrogen and oxygen atoms in total. The molecular formula is C37H65N3O10. The minimum Gasteiger partial charge on any atom is -0.458 e. The normalized spacial score (nSPS) is 13.7. The van der Waals surface area contributed by atoms with E-state index >= 15 is 0 Å². The first-order valence-electron chi connectivity index (χ1n) is 18.9. The zero-order chi connectivity index (χ0) is 37.0. The van der Waals surface area contributed by atoms with Crippen molar-refractivity contribution in [2.75, 3.05) is 33.0 Å². The van der Waals surface area contributed by atoms with E-state index in [1.807, 2.05) is 0 Å². The smallest absolute Gasteiger partial charge is 0.358 e. The highest BCUT2D eigenvalue weighted by molar-refractivity contribution is 6.01. The maximum Gasteiger partial charge on any atom is 0.358 e. The third-order valence-electron chi connectivity index (χ3n) is 8.05. The first-order chi connectivity index (χ1) is 23.9. The van der Waals surface area contributed by atoms with Crippen LogP contribution < -0.4 is 10.6 Å². The zero-order valence-corrected chi connectivity index (χ0v) is 31.3. The molecule has 1 heterocycles. The number of carbonyl (C=O) groups excluding carboxylic acids is 6. The number of hydroxylamine groups is 2. The lowest BCUT2D eigenvalue weighted by atomic mass is 10.0. The number of rotatable bonds is 30. The summed E-state index contributed by atoms with van der Waals surface area (Å²) in [5.74, 6) is -3.09. The molecule has 2 N–H and O–H groups in total. The van der Waals surface area contributed by atoms with Gasteiger partial charge in [0.25, 0.3) is 11.8 Å². The Morgan fingerprint density at radius 1 is 0.700 bits per heavy atom. The summed E-state index contributed by atoms with van der Waals surface area (Å²) in [6, 6.07) is -0.925. The van der Waals surface area contributed by atoms with E-state index in [0.717, 1.165) is 19.3 Å². The monoisotopic (exact) mass is 711 g/mol. The Balaban J connectivity index is 2.17. The fraction of sp³-hybridized carbons (Fsp3) is 0.838. The van der Waals surface area contributed by atoms with Crippen molar-refractivity contribution in [1.82, 2.24) is 15.7 Å². The Kier molecular flexibility index (Phi) is 24.9. The first kappa shape index (κ1) is 45.0. The first-order valence-corrected chi connectivity index (χ1v) is 18.9. The van der Waals surface area contributed by atoms with Gasteiger partial charge < -0.3 is 29.7 Å². The molecule has 13 heteroatoms. The van der Waals surface area contributed by atoms with Gasteiger partial charge in [0.05, 0.1) is 19.8 Å². The highest BCUT2D eigenvalue weighted by Gasteiger charge is 2.33. The van der Waals surface area contributed by atoms with Gasteiger partial charge in [-0.15, -0.1) is 5.06 Å². The van der Waals surface area contributed by atoms with Crippen LogP contribution in [0.1, 0.15) is 156 Å². The molecule has 0 unspecified atom stereocenters. The fourth-order valence-corrected chi connectivity index (χ4v) is 5.33. The summed E-state index contributed by atoms with van der Waals surface area (Å²) in [7, 11) is 0. The van der Waals surface area contributed by atoms with Crippen LogP contribution in [-0.4, -0.2) is 85.2 Å². The molecule has 0 radical (unpaired) electrons. The van der Waals surface area contributed by atoms with E-state index in [1.54, 1.807) is 20.8 Å². The van der Waals surface area contributed by atoms with Crippen LogP contribution in [0.25, 0.3) is 0 Å². The molecule has 0 saturated carbocycles. The van der Waals surface area contributed by atoms with Crippen LogP contribution >= 0.6 is 0 Å². The van der Waals surface area contributed by atoms with Crippen LogP contribution in [0, 0.1) is 0 Å². The summed E-state index contributed by atoms with van der Waals surface area (Å²) >= 11 is 0. The van der Waals surface area contributed by atoms with Crippen molar-refractivity contribution in [3.8, 4) is 0 Å². The molecule has 1 rings (SSSR count). The average Bonchev–Trinajstić information content (AvgIpc) is 3.37. The number of imide groups is 1. The Morgan fingerprint density at radius 3 is 1.76 bits per heavy atom. The van der Waals surface area contributed by atoms with E-state index in [4.69, 9.17) is 19.0 Å². The molecule has 0 spiro atoms. The number of esters is 1. The third kappa shape index (κ3) is 24.2. The van der Waals surface area contributed by atoms with Gasteiger partial charge in [0.2, 0.25) is 11.8 Å². The lowest BCUT2D eigenvalue weighted by Crippen LogP contribution is -2.44. The topological polar surface area (TPSA) is 167 Å². The largest absolute Gasteiger partial charge is 0.458 e. The predicted molar refractivity (Wildman–Crippen MR) is 188 cm³/mol. The summed E-state index contributed by atoms with van der Waals surface area (Å²) in [5, 5.41) is 5.93. The molecule has 1 aliphatic rings. The summed E-state index contributed by atoms with van der Waals surface area (Å²) in [6.45, 7) is 7.64. The Bertz CT molecular complexity index is 998. The second-order valence-corrected chi connectivity index (χ2v) is 14.0. The van der Waals surface area contributed by atoms with Crippen LogP contribution in [0.2, 0.25) is 0 Å². The lowest BCUT2D eigenvalue weighted by Gasteiger charge is -2.24. The number of ether oxygens (including phenoxy) is 3. The molecule has 1 atom stereocenters. The zero-order valence-electron chi connectivity index (χ0n) is 31.3. The third-order valence-corrected chi connectivity index (χ3v) is 8.05. The quantitative estimate of drug-likeness (QED) is 0.0543. The van der Waals surface area contributed by atoms with Crippen molar-refractivity contribution in [3.05, 3.63) is 0 Å². The SMILES string of the molecule is CCCCCCCCCCCCCCCCCC(=O)N[C@@H](CCC(=O)NCCOCCOCC(=O)ON1C(=O)CCC1=O)C(=O)OC(C)(C)C. The minimum atomic E-state index is -0.925. The number of carbonyl (C=O) groups is 6.